The van der Waals surface area contributed by atoms with Crippen LogP contribution in [0, 0.1) is 0 Å². The van der Waals surface area contributed by atoms with Crippen LogP contribution < -0.4 is 11.3 Å². The summed E-state index contributed by atoms with van der Waals surface area (Å²) in [6.45, 7) is 0. The summed E-state index contributed by atoms with van der Waals surface area (Å²) >= 11 is -98.5. The Hall–Kier alpha value is 3.83. The van der Waals surface area contributed by atoms with Gasteiger partial charge < -0.3 is 0 Å². The van der Waals surface area contributed by atoms with Gasteiger partial charge in [-0.05, 0) is 0 Å². The van der Waals surface area contributed by atoms with Crippen LogP contribution >= 0.6 is 7.82 Å². The fourth-order valence-electron chi connectivity index (χ4n) is 1.40. The van der Waals surface area contributed by atoms with Gasteiger partial charge in [0.2, 0.25) is 0 Å². The third-order valence-electron chi connectivity index (χ3n) is 2.05. The molecule has 0 N–H and O–H groups in total. The second-order valence-corrected chi connectivity index (χ2v) is 55.7. The van der Waals surface area contributed by atoms with Gasteiger partial charge in [-0.2, -0.15) is 0 Å². The Morgan fingerprint density at radius 2 is 0.389 bits per heavy atom. The van der Waals surface area contributed by atoms with Gasteiger partial charge in [-0.15, -0.1) is 0 Å². The minimum atomic E-state index is -8.82. The van der Waals surface area contributed by atoms with E-state index in [0.717, 1.165) is 0 Å². The summed E-state index contributed by atoms with van der Waals surface area (Å²) in [4.78, 5) is 0. The fourth-order valence-corrected chi connectivity index (χ4v) is 60.0. The van der Waals surface area contributed by atoms with Crippen molar-refractivity contribution in [2.24, 2.45) is 0 Å². The van der Waals surface area contributed by atoms with Crippen molar-refractivity contribution in [2.75, 3.05) is 0 Å². The molecule has 0 spiro atoms. The van der Waals surface area contributed by atoms with Crippen LogP contribution in [0.3, 0.4) is 0 Å². The minimum absolute atomic E-state index is 0. The van der Waals surface area contributed by atoms with Crippen LogP contribution in [0.2, 0.25) is 0 Å². The minimum Gasteiger partial charge on any atom is 1.00 e. The van der Waals surface area contributed by atoms with Crippen LogP contribution in [0.1, 0.15) is 0 Å². The summed E-state index contributed by atoms with van der Waals surface area (Å²) in [5, 5.41) is 0. The van der Waals surface area contributed by atoms with E-state index >= 15 is 0 Å². The zero-order valence-corrected chi connectivity index (χ0v) is 48.4. The maximum absolute atomic E-state index is 12.7. The summed E-state index contributed by atoms with van der Waals surface area (Å²) in [6.07, 6.45) is 0. The van der Waals surface area contributed by atoms with Crippen LogP contribution in [0.4, 0.5) is 0 Å². The van der Waals surface area contributed by atoms with Gasteiger partial charge in [0.1, 0.15) is 0 Å². The molecule has 0 rings (SSSR count). The first-order chi connectivity index (χ1) is 22.5. The topological polar surface area (TPSA) is 607 Å². The van der Waals surface area contributed by atoms with E-state index in [2.05, 4.69) is 27.9 Å². The first-order valence-corrected chi connectivity index (χ1v) is 49.5. The van der Waals surface area contributed by atoms with Crippen LogP contribution in [0.15, 0.2) is 0 Å². The largest absolute Gasteiger partial charge is 1.00 e. The predicted molar refractivity (Wildman–Crippen MR) is 37.1 cm³/mol. The van der Waals surface area contributed by atoms with Crippen molar-refractivity contribution in [3.8, 4) is 0 Å². The Morgan fingerprint density at radius 1 is 0.259 bits per heavy atom. The average molecular weight is 1930 g/mol. The Balaban J connectivity index is 0. The molecule has 54 heavy (non-hydrogen) atoms. The molecule has 0 saturated carbocycles. The van der Waals surface area contributed by atoms with E-state index in [1.54, 1.807) is 0 Å². The monoisotopic (exact) mass is 1950 g/mol. The standard InChI is InChI=1S/Ag.12Mo.H3O4P.36O/c;;;;;;;;;;;;;1-5(2,3)4;;;;;;;;;;;;;;;;;;;;;;;;;;;;;;;;;;;;/h;;;;;;;;;;;;;(H3,1,2,3,4);;;;;;;;;;;;;;;;;;;;;;;;;;;;;;;;;;;;/q+1;;;;;;;;;;3*+1;;;;;;;;;;;;;;;;;;;;;;;;;;;;;;;;;;;3*-1/p-3. The van der Waals surface area contributed by atoms with Crippen molar-refractivity contribution < 1.29 is 349 Å². The van der Waals surface area contributed by atoms with E-state index in [1.165, 1.54) is 0 Å². The molecule has 0 atom stereocenters. The molecule has 0 bridgehead atoms. The van der Waals surface area contributed by atoms with Gasteiger partial charge >= 0.3 is 356 Å². The molecule has 0 aliphatic rings. The first kappa shape index (κ1) is 59.9. The Kier molecular flexibility index (Phi) is 22.3. The molecule has 0 fully saturated rings. The molecule has 0 aromatic carbocycles. The van der Waals surface area contributed by atoms with Crippen LogP contribution in [-0.2, 0) is 337 Å². The average Bonchev–Trinajstić information content (AvgIpc) is 2.58. The summed E-state index contributed by atoms with van der Waals surface area (Å²) in [6, 6.07) is 0. The van der Waals surface area contributed by atoms with Gasteiger partial charge in [0, 0.05) is 0 Å². The second-order valence-electron chi connectivity index (χ2n) is 6.18. The first-order valence-electron chi connectivity index (χ1n) is 8.73. The van der Waals surface area contributed by atoms with Gasteiger partial charge in [-0.3, -0.25) is 0 Å². The number of hydrogen-bond donors (Lipinski definition) is 0. The zero-order chi connectivity index (χ0) is 43.0. The molecule has 0 aliphatic heterocycles. The summed E-state index contributed by atoms with van der Waals surface area (Å²) < 4.78 is 351. The molecular formula is AgMo12O40P-2. The summed E-state index contributed by atoms with van der Waals surface area (Å²) in [5.41, 5.74) is 0. The van der Waals surface area contributed by atoms with Crippen LogP contribution in [0.25, 0.3) is 0 Å². The molecule has 0 unspecified atom stereocenters. The molecule has 0 aliphatic carbocycles. The molecule has 0 saturated heterocycles. The quantitative estimate of drug-likeness (QED) is 0.0640. The zero-order valence-electron chi connectivity index (χ0n) is 22.0. The van der Waals surface area contributed by atoms with Crippen molar-refractivity contribution in [2.45, 2.75) is 0 Å². The van der Waals surface area contributed by atoms with E-state index in [9.17, 15) is 97.4 Å². The van der Waals surface area contributed by atoms with Crippen LogP contribution in [0.5, 0.6) is 0 Å². The number of phosphoric acid groups is 1. The second kappa shape index (κ2) is 20.1. The Bertz CT molecular complexity index is 2510. The Labute approximate surface area is 349 Å². The fraction of sp³-hybridized carbons (Fsp3) is 0. The molecule has 54 heteroatoms. The van der Waals surface area contributed by atoms with Crippen LogP contribution in [-0.4, -0.2) is 0 Å². The number of hydrogen-bond acceptors (Lipinski definition) is 40. The number of rotatable bonds is 24. The predicted octanol–water partition coefficient (Wildman–Crippen LogP) is -6.53. The van der Waals surface area contributed by atoms with Crippen molar-refractivity contribution in [1.82, 2.24) is 0 Å². The smallest absolute Gasteiger partial charge is 1.00 e. The molecule has 330 valence electrons. The molecule has 0 heterocycles. The van der Waals surface area contributed by atoms with Crippen molar-refractivity contribution in [3.63, 3.8) is 0 Å². The maximum Gasteiger partial charge on any atom is 1.00 e. The normalized spacial score (nSPS) is 15.3. The van der Waals surface area contributed by atoms with Gasteiger partial charge in [-0.1, -0.05) is 0 Å². The summed E-state index contributed by atoms with van der Waals surface area (Å²) in [7, 11) is -7.94. The third kappa shape index (κ3) is 29.2. The van der Waals surface area contributed by atoms with E-state index < -0.39 is 209 Å². The SMILES string of the molecule is O=P([O][Mo](=[O])(=[O])[O][Mo](=[O])(=[O])[O][Mo](=[O])(=[O])[O][Mo](=[O])(=[O])[O-])([O][Mo](=[O])(=[O])[O][Mo](=[O])(=[O])[O][Mo](=[O])(=[O])[O][Mo](=[O])(=[O])[O-])[O][Mo](=[O])(=[O])[O][Mo](=[O])(=[O])[O][Mo](=[O])(=[O])[O][Mo](=[O])(=[O])[O-].[Ag+]. The van der Waals surface area contributed by atoms with Crippen molar-refractivity contribution in [3.05, 3.63) is 0 Å². The summed E-state index contributed by atoms with van der Waals surface area (Å²) in [5.74, 6) is 0. The van der Waals surface area contributed by atoms with Crippen molar-refractivity contribution in [1.29, 1.82) is 0 Å². The molecule has 40 nitrogen and oxygen atoms in total. The molecular weight excluding hydrogens is 1930 g/mol. The molecule has 0 aromatic rings. The Morgan fingerprint density at radius 3 is 0.537 bits per heavy atom. The maximum atomic E-state index is 12.7. The van der Waals surface area contributed by atoms with Gasteiger partial charge in [-0.25, -0.2) is 0 Å². The van der Waals surface area contributed by atoms with Crippen molar-refractivity contribution >= 4 is 7.82 Å². The molecule has 0 aromatic heterocycles. The van der Waals surface area contributed by atoms with E-state index in [-0.39, 0.29) is 22.4 Å². The van der Waals surface area contributed by atoms with Gasteiger partial charge in [0.25, 0.3) is 0 Å². The van der Waals surface area contributed by atoms with Gasteiger partial charge in [0.05, 0.1) is 0 Å². The van der Waals surface area contributed by atoms with E-state index in [0.29, 0.717) is 0 Å². The van der Waals surface area contributed by atoms with E-state index in [4.69, 9.17) is 0 Å². The van der Waals surface area contributed by atoms with Gasteiger partial charge in [0.15, 0.2) is 0 Å². The third-order valence-corrected chi connectivity index (χ3v) is 62.2. The molecule has 0 radical (unpaired) electrons. The molecule has 0 amide bonds. The van der Waals surface area contributed by atoms with E-state index in [1.807, 2.05) is 0 Å².